The third kappa shape index (κ3) is 3.34. The molecule has 3 heteroatoms. The van der Waals surface area contributed by atoms with E-state index >= 15 is 0 Å². The van der Waals surface area contributed by atoms with Gasteiger partial charge >= 0.3 is 0 Å². The van der Waals surface area contributed by atoms with Gasteiger partial charge in [-0.2, -0.15) is 0 Å². The fourth-order valence-electron chi connectivity index (χ4n) is 1.99. The number of rotatable bonds is 2. The number of halogens is 1. The molecule has 1 aromatic carbocycles. The summed E-state index contributed by atoms with van der Waals surface area (Å²) < 4.78 is 0. The molecule has 1 amide bonds. The molecule has 1 aliphatic rings. The quantitative estimate of drug-likeness (QED) is 0.736. The van der Waals surface area contributed by atoms with Gasteiger partial charge in [-0.15, -0.1) is 0 Å². The molecule has 1 aliphatic heterocycles. The van der Waals surface area contributed by atoms with Crippen molar-refractivity contribution in [1.82, 2.24) is 4.90 Å². The number of benzene rings is 1. The number of nitrogens with zero attached hydrogens (tertiary/aromatic N) is 1. The Morgan fingerprint density at radius 1 is 1.18 bits per heavy atom. The second-order valence-electron chi connectivity index (χ2n) is 4.24. The predicted molar refractivity (Wildman–Crippen MR) is 70.9 cm³/mol. The molecule has 0 N–H and O–H groups in total. The van der Waals surface area contributed by atoms with Gasteiger partial charge in [0.25, 0.3) is 0 Å². The second-order valence-corrected chi connectivity index (χ2v) is 4.65. The Morgan fingerprint density at radius 2 is 1.88 bits per heavy atom. The molecular formula is C14H16ClNO. The summed E-state index contributed by atoms with van der Waals surface area (Å²) in [5.74, 6) is 0.0876. The van der Waals surface area contributed by atoms with Crippen LogP contribution in [0, 0.1) is 0 Å². The minimum atomic E-state index is 0.0876. The third-order valence-electron chi connectivity index (χ3n) is 2.98. The third-order valence-corrected chi connectivity index (χ3v) is 3.32. The lowest BCUT2D eigenvalue weighted by atomic mass is 10.1. The van der Waals surface area contributed by atoms with Crippen molar-refractivity contribution in [2.24, 2.45) is 0 Å². The maximum Gasteiger partial charge on any atom is 0.246 e. The van der Waals surface area contributed by atoms with E-state index in [1.165, 1.54) is 6.42 Å². The number of piperidine rings is 1. The van der Waals surface area contributed by atoms with Crippen molar-refractivity contribution in [2.45, 2.75) is 19.3 Å². The van der Waals surface area contributed by atoms with E-state index in [1.54, 1.807) is 12.2 Å². The summed E-state index contributed by atoms with van der Waals surface area (Å²) >= 11 is 6.02. The van der Waals surface area contributed by atoms with Crippen LogP contribution in [0.15, 0.2) is 30.3 Å². The SMILES string of the molecule is O=C(C=Cc1ccccc1Cl)N1CCCCC1. The molecule has 1 heterocycles. The topological polar surface area (TPSA) is 20.3 Å². The van der Waals surface area contributed by atoms with E-state index in [2.05, 4.69) is 0 Å². The van der Waals surface area contributed by atoms with Crippen molar-refractivity contribution in [2.75, 3.05) is 13.1 Å². The number of hydrogen-bond acceptors (Lipinski definition) is 1. The second kappa shape index (κ2) is 5.87. The molecule has 17 heavy (non-hydrogen) atoms. The molecule has 1 saturated heterocycles. The lowest BCUT2D eigenvalue weighted by molar-refractivity contribution is -0.126. The number of likely N-dealkylation sites (tertiary alicyclic amines) is 1. The molecule has 0 aliphatic carbocycles. The monoisotopic (exact) mass is 249 g/mol. The van der Waals surface area contributed by atoms with Crippen LogP contribution in [0.4, 0.5) is 0 Å². The zero-order chi connectivity index (χ0) is 12.1. The van der Waals surface area contributed by atoms with E-state index in [9.17, 15) is 4.79 Å². The number of carbonyl (C=O) groups is 1. The van der Waals surface area contributed by atoms with Crippen LogP contribution in [0.3, 0.4) is 0 Å². The molecular weight excluding hydrogens is 234 g/mol. The highest BCUT2D eigenvalue weighted by atomic mass is 35.5. The Balaban J connectivity index is 2.00. The maximum absolute atomic E-state index is 11.9. The Morgan fingerprint density at radius 3 is 2.59 bits per heavy atom. The Kier molecular flexibility index (Phi) is 4.21. The predicted octanol–water partition coefficient (Wildman–Crippen LogP) is 3.37. The van der Waals surface area contributed by atoms with Crippen LogP contribution in [0.1, 0.15) is 24.8 Å². The van der Waals surface area contributed by atoms with Crippen LogP contribution in [0.2, 0.25) is 5.02 Å². The highest BCUT2D eigenvalue weighted by molar-refractivity contribution is 6.32. The van der Waals surface area contributed by atoms with E-state index in [4.69, 9.17) is 11.6 Å². The average Bonchev–Trinajstić information content (AvgIpc) is 2.38. The Labute approximate surface area is 107 Å². The fraction of sp³-hybridized carbons (Fsp3) is 0.357. The van der Waals surface area contributed by atoms with Crippen molar-refractivity contribution in [3.05, 3.63) is 40.9 Å². The number of amides is 1. The molecule has 0 unspecified atom stereocenters. The summed E-state index contributed by atoms with van der Waals surface area (Å²) in [5, 5.41) is 0.676. The maximum atomic E-state index is 11.9. The molecule has 0 aromatic heterocycles. The van der Waals surface area contributed by atoms with E-state index in [1.807, 2.05) is 29.2 Å². The van der Waals surface area contributed by atoms with Gasteiger partial charge in [0.2, 0.25) is 5.91 Å². The molecule has 0 bridgehead atoms. The van der Waals surface area contributed by atoms with Gasteiger partial charge in [0.15, 0.2) is 0 Å². The first-order chi connectivity index (χ1) is 8.27. The zero-order valence-corrected chi connectivity index (χ0v) is 10.5. The average molecular weight is 250 g/mol. The molecule has 2 rings (SSSR count). The van der Waals surface area contributed by atoms with Crippen LogP contribution >= 0.6 is 11.6 Å². The lowest BCUT2D eigenvalue weighted by Crippen LogP contribution is -2.34. The number of hydrogen-bond donors (Lipinski definition) is 0. The Bertz CT molecular complexity index is 422. The number of carbonyl (C=O) groups excluding carboxylic acids is 1. The first-order valence-corrected chi connectivity index (χ1v) is 6.37. The van der Waals surface area contributed by atoms with Crippen molar-refractivity contribution in [3.8, 4) is 0 Å². The highest BCUT2D eigenvalue weighted by Crippen LogP contribution is 2.16. The first-order valence-electron chi connectivity index (χ1n) is 5.99. The van der Waals surface area contributed by atoms with E-state index in [-0.39, 0.29) is 5.91 Å². The van der Waals surface area contributed by atoms with Crippen molar-refractivity contribution in [1.29, 1.82) is 0 Å². The zero-order valence-electron chi connectivity index (χ0n) is 9.73. The van der Waals surface area contributed by atoms with E-state index in [0.29, 0.717) is 5.02 Å². The summed E-state index contributed by atoms with van der Waals surface area (Å²) in [5.41, 5.74) is 0.888. The molecule has 0 saturated carbocycles. The standard InChI is InChI=1S/C14H16ClNO/c15-13-7-3-2-6-12(13)8-9-14(17)16-10-4-1-5-11-16/h2-3,6-9H,1,4-5,10-11H2. The van der Waals surface area contributed by atoms with Gasteiger partial charge in [-0.25, -0.2) is 0 Å². The summed E-state index contributed by atoms with van der Waals surface area (Å²) in [6.07, 6.45) is 6.88. The van der Waals surface area contributed by atoms with Crippen molar-refractivity contribution < 1.29 is 4.79 Å². The highest BCUT2D eigenvalue weighted by Gasteiger charge is 2.13. The van der Waals surface area contributed by atoms with Gasteiger partial charge < -0.3 is 4.90 Å². The van der Waals surface area contributed by atoms with Crippen LogP contribution in [0.5, 0.6) is 0 Å². The molecule has 90 valence electrons. The fourth-order valence-corrected chi connectivity index (χ4v) is 2.19. The lowest BCUT2D eigenvalue weighted by Gasteiger charge is -2.25. The smallest absolute Gasteiger partial charge is 0.246 e. The molecule has 0 atom stereocenters. The summed E-state index contributed by atoms with van der Waals surface area (Å²) in [7, 11) is 0. The summed E-state index contributed by atoms with van der Waals surface area (Å²) in [6, 6.07) is 7.53. The van der Waals surface area contributed by atoms with Crippen LogP contribution in [-0.2, 0) is 4.79 Å². The minimum Gasteiger partial charge on any atom is -0.339 e. The molecule has 0 spiro atoms. The minimum absolute atomic E-state index is 0.0876. The molecule has 0 radical (unpaired) electrons. The van der Waals surface area contributed by atoms with Gasteiger partial charge in [-0.05, 0) is 37.0 Å². The van der Waals surface area contributed by atoms with Gasteiger partial charge in [0, 0.05) is 24.2 Å². The van der Waals surface area contributed by atoms with Gasteiger partial charge in [0.1, 0.15) is 0 Å². The first kappa shape index (κ1) is 12.2. The van der Waals surface area contributed by atoms with Gasteiger partial charge in [0.05, 0.1) is 0 Å². The molecule has 1 aromatic rings. The van der Waals surface area contributed by atoms with Gasteiger partial charge in [-0.1, -0.05) is 29.8 Å². The Hall–Kier alpha value is -1.28. The molecule has 1 fully saturated rings. The van der Waals surface area contributed by atoms with Crippen molar-refractivity contribution in [3.63, 3.8) is 0 Å². The summed E-state index contributed by atoms with van der Waals surface area (Å²) in [6.45, 7) is 1.76. The van der Waals surface area contributed by atoms with Crippen LogP contribution in [-0.4, -0.2) is 23.9 Å². The largest absolute Gasteiger partial charge is 0.339 e. The van der Waals surface area contributed by atoms with Gasteiger partial charge in [-0.3, -0.25) is 4.79 Å². The van der Waals surface area contributed by atoms with E-state index in [0.717, 1.165) is 31.5 Å². The normalized spacial score (nSPS) is 16.4. The van der Waals surface area contributed by atoms with Crippen LogP contribution in [0.25, 0.3) is 6.08 Å². The molecule has 2 nitrogen and oxygen atoms in total. The van der Waals surface area contributed by atoms with Crippen molar-refractivity contribution >= 4 is 23.6 Å². The van der Waals surface area contributed by atoms with E-state index < -0.39 is 0 Å². The van der Waals surface area contributed by atoms with Crippen LogP contribution < -0.4 is 0 Å². The summed E-state index contributed by atoms with van der Waals surface area (Å²) in [4.78, 5) is 13.8.